The van der Waals surface area contributed by atoms with Crippen LogP contribution < -0.4 is 5.32 Å². The summed E-state index contributed by atoms with van der Waals surface area (Å²) < 4.78 is 34.1. The molecule has 7 nitrogen and oxygen atoms in total. The predicted molar refractivity (Wildman–Crippen MR) is 138 cm³/mol. The number of piperidine rings is 1. The Morgan fingerprint density at radius 3 is 2.66 bits per heavy atom. The van der Waals surface area contributed by atoms with Gasteiger partial charge in [0.25, 0.3) is 0 Å². The largest absolute Gasteiger partial charge is 0.355 e. The minimum Gasteiger partial charge on any atom is -0.355 e. The minimum atomic E-state index is -3.89. The van der Waals surface area contributed by atoms with Gasteiger partial charge in [-0.05, 0) is 74.7 Å². The van der Waals surface area contributed by atoms with Gasteiger partial charge in [-0.25, -0.2) is 8.42 Å². The van der Waals surface area contributed by atoms with Crippen LogP contribution in [0.4, 0.5) is 0 Å². The van der Waals surface area contributed by atoms with Crippen molar-refractivity contribution in [2.45, 2.75) is 52.0 Å². The third kappa shape index (κ3) is 5.58. The van der Waals surface area contributed by atoms with E-state index in [1.807, 2.05) is 44.4 Å². The second-order valence-corrected chi connectivity index (χ2v) is 12.0. The molecular formula is C26H31N3O4S2. The van der Waals surface area contributed by atoms with Gasteiger partial charge >= 0.3 is 0 Å². The number of carbonyl (C=O) groups is 1. The van der Waals surface area contributed by atoms with Crippen molar-refractivity contribution in [2.75, 3.05) is 13.1 Å². The zero-order valence-electron chi connectivity index (χ0n) is 20.5. The van der Waals surface area contributed by atoms with Gasteiger partial charge in [-0.1, -0.05) is 35.0 Å². The van der Waals surface area contributed by atoms with Gasteiger partial charge in [-0.3, -0.25) is 4.79 Å². The molecule has 1 amide bonds. The van der Waals surface area contributed by atoms with Gasteiger partial charge in [0.1, 0.15) is 5.69 Å². The van der Waals surface area contributed by atoms with Crippen LogP contribution in [0.25, 0.3) is 12.2 Å². The molecule has 1 aliphatic heterocycles. The second kappa shape index (κ2) is 10.5. The van der Waals surface area contributed by atoms with Gasteiger partial charge in [0.2, 0.25) is 15.9 Å². The van der Waals surface area contributed by atoms with Gasteiger partial charge in [-0.15, -0.1) is 11.3 Å². The minimum absolute atomic E-state index is 0.0656. The number of benzene rings is 1. The number of sulfonamides is 1. The van der Waals surface area contributed by atoms with E-state index in [0.29, 0.717) is 31.6 Å². The SMILES string of the molecule is Cc1cc(C)c(/C=C/c2onc(C)c2S(=O)(=O)N2CCC[C@@H](C(=O)NCc3cccs3)C2)c(C)c1. The lowest BCUT2D eigenvalue weighted by Crippen LogP contribution is -2.45. The van der Waals surface area contributed by atoms with Gasteiger partial charge < -0.3 is 9.84 Å². The number of hydrogen-bond acceptors (Lipinski definition) is 6. The molecule has 9 heteroatoms. The molecule has 3 aromatic rings. The summed E-state index contributed by atoms with van der Waals surface area (Å²) in [5, 5.41) is 8.86. The van der Waals surface area contributed by atoms with E-state index in [-0.39, 0.29) is 23.1 Å². The molecule has 1 aliphatic rings. The van der Waals surface area contributed by atoms with Crippen molar-refractivity contribution >= 4 is 39.4 Å². The maximum atomic E-state index is 13.7. The highest BCUT2D eigenvalue weighted by Crippen LogP contribution is 2.30. The normalized spacial score (nSPS) is 17.2. The molecule has 35 heavy (non-hydrogen) atoms. The van der Waals surface area contributed by atoms with Crippen LogP contribution >= 0.6 is 11.3 Å². The Hall–Kier alpha value is -2.75. The molecular weight excluding hydrogens is 482 g/mol. The number of aryl methyl sites for hydroxylation is 4. The Bertz CT molecular complexity index is 1320. The first kappa shape index (κ1) is 25.3. The fraction of sp³-hybridized carbons (Fsp3) is 0.385. The topological polar surface area (TPSA) is 92.5 Å². The summed E-state index contributed by atoms with van der Waals surface area (Å²) >= 11 is 1.58. The molecule has 1 N–H and O–H groups in total. The maximum Gasteiger partial charge on any atom is 0.248 e. The van der Waals surface area contributed by atoms with E-state index < -0.39 is 15.9 Å². The molecule has 2 aromatic heterocycles. The molecule has 186 valence electrons. The Balaban J connectivity index is 1.54. The zero-order chi connectivity index (χ0) is 25.2. The van der Waals surface area contributed by atoms with Crippen molar-refractivity contribution in [1.29, 1.82) is 0 Å². The summed E-state index contributed by atoms with van der Waals surface area (Å²) in [6.45, 7) is 8.69. The number of carbonyl (C=O) groups excluding carboxylic acids is 1. The van der Waals surface area contributed by atoms with Crippen molar-refractivity contribution in [3.05, 3.63) is 68.2 Å². The highest BCUT2D eigenvalue weighted by atomic mass is 32.2. The molecule has 0 radical (unpaired) electrons. The molecule has 3 heterocycles. The van der Waals surface area contributed by atoms with Crippen molar-refractivity contribution in [3.8, 4) is 0 Å². The molecule has 1 atom stereocenters. The average molecular weight is 514 g/mol. The Morgan fingerprint density at radius 1 is 1.23 bits per heavy atom. The van der Waals surface area contributed by atoms with Gasteiger partial charge in [-0.2, -0.15) is 4.31 Å². The van der Waals surface area contributed by atoms with Gasteiger partial charge in [0.15, 0.2) is 10.7 Å². The predicted octanol–water partition coefficient (Wildman–Crippen LogP) is 4.86. The highest BCUT2D eigenvalue weighted by molar-refractivity contribution is 7.89. The molecule has 4 rings (SSSR count). The van der Waals surface area contributed by atoms with Crippen LogP contribution in [0.1, 0.15) is 51.4 Å². The number of thiophene rings is 1. The molecule has 0 aliphatic carbocycles. The lowest BCUT2D eigenvalue weighted by Gasteiger charge is -2.31. The Kier molecular flexibility index (Phi) is 7.59. The van der Waals surface area contributed by atoms with Crippen LogP contribution in [0, 0.1) is 33.6 Å². The standard InChI is InChI=1S/C26H31N3O4S2/c1-17-13-18(2)23(19(3)14-17)9-10-24-25(20(4)28-33-24)35(31,32)29-11-5-7-21(16-29)26(30)27-15-22-8-6-12-34-22/h6,8-10,12-14,21H,5,7,11,15-16H2,1-4H3,(H,27,30)/b10-9+/t21-/m1/s1. The number of nitrogens with one attached hydrogen (secondary N) is 1. The lowest BCUT2D eigenvalue weighted by atomic mass is 9.99. The smallest absolute Gasteiger partial charge is 0.248 e. The van der Waals surface area contributed by atoms with Crippen molar-refractivity contribution in [3.63, 3.8) is 0 Å². The van der Waals surface area contributed by atoms with E-state index in [1.165, 1.54) is 9.87 Å². The van der Waals surface area contributed by atoms with Gasteiger partial charge in [0.05, 0.1) is 12.5 Å². The van der Waals surface area contributed by atoms with Crippen molar-refractivity contribution in [1.82, 2.24) is 14.8 Å². The van der Waals surface area contributed by atoms with Crippen LogP contribution in [0.3, 0.4) is 0 Å². The monoisotopic (exact) mass is 513 g/mol. The molecule has 0 saturated carbocycles. The van der Waals surface area contributed by atoms with Crippen LogP contribution in [0.15, 0.2) is 39.1 Å². The number of aromatic nitrogens is 1. The lowest BCUT2D eigenvalue weighted by molar-refractivity contribution is -0.126. The first-order valence-electron chi connectivity index (χ1n) is 11.7. The highest BCUT2D eigenvalue weighted by Gasteiger charge is 2.36. The quantitative estimate of drug-likeness (QED) is 0.487. The molecule has 1 aromatic carbocycles. The van der Waals surface area contributed by atoms with E-state index in [1.54, 1.807) is 24.3 Å². The summed E-state index contributed by atoms with van der Waals surface area (Å²) in [5.41, 5.74) is 4.72. The summed E-state index contributed by atoms with van der Waals surface area (Å²) in [7, 11) is -3.89. The summed E-state index contributed by atoms with van der Waals surface area (Å²) in [6.07, 6.45) is 4.82. The molecule has 1 fully saturated rings. The first-order chi connectivity index (χ1) is 16.7. The van der Waals surface area contributed by atoms with Crippen LogP contribution in [0.5, 0.6) is 0 Å². The van der Waals surface area contributed by atoms with Crippen molar-refractivity contribution in [2.24, 2.45) is 5.92 Å². The summed E-state index contributed by atoms with van der Waals surface area (Å²) in [5.74, 6) is -0.313. The van der Waals surface area contributed by atoms with Crippen LogP contribution in [0.2, 0.25) is 0 Å². The fourth-order valence-electron chi connectivity index (χ4n) is 4.65. The number of hydrogen-bond donors (Lipinski definition) is 1. The molecule has 0 bridgehead atoms. The van der Waals surface area contributed by atoms with E-state index >= 15 is 0 Å². The second-order valence-electron chi connectivity index (χ2n) is 9.11. The number of amides is 1. The van der Waals surface area contributed by atoms with E-state index in [4.69, 9.17) is 4.52 Å². The first-order valence-corrected chi connectivity index (χ1v) is 14.0. The summed E-state index contributed by atoms with van der Waals surface area (Å²) in [4.78, 5) is 13.9. The van der Waals surface area contributed by atoms with Crippen LogP contribution in [-0.2, 0) is 21.4 Å². The third-order valence-corrected chi connectivity index (χ3v) is 9.24. The van der Waals surface area contributed by atoms with Gasteiger partial charge in [0, 0.05) is 18.0 Å². The van der Waals surface area contributed by atoms with E-state index in [0.717, 1.165) is 21.6 Å². The zero-order valence-corrected chi connectivity index (χ0v) is 22.1. The Morgan fingerprint density at radius 2 is 1.97 bits per heavy atom. The third-order valence-electron chi connectivity index (χ3n) is 6.34. The van der Waals surface area contributed by atoms with E-state index in [9.17, 15) is 13.2 Å². The summed E-state index contributed by atoms with van der Waals surface area (Å²) in [6, 6.07) is 8.09. The number of nitrogens with zero attached hydrogens (tertiary/aromatic N) is 2. The Labute approximate surface area is 210 Å². The average Bonchev–Trinajstić information content (AvgIpc) is 3.46. The molecule has 1 saturated heterocycles. The fourth-order valence-corrected chi connectivity index (χ4v) is 7.07. The van der Waals surface area contributed by atoms with Crippen molar-refractivity contribution < 1.29 is 17.7 Å². The number of rotatable bonds is 7. The molecule has 0 unspecified atom stereocenters. The van der Waals surface area contributed by atoms with E-state index in [2.05, 4.69) is 22.6 Å². The maximum absolute atomic E-state index is 13.7. The molecule has 0 spiro atoms. The van der Waals surface area contributed by atoms with Crippen LogP contribution in [-0.4, -0.2) is 36.9 Å².